The van der Waals surface area contributed by atoms with E-state index in [1.165, 1.54) is 0 Å². The summed E-state index contributed by atoms with van der Waals surface area (Å²) in [5, 5.41) is 2.66. The molecule has 3 rings (SSSR count). The van der Waals surface area contributed by atoms with Crippen LogP contribution in [-0.4, -0.2) is 15.0 Å². The molecule has 0 saturated carbocycles. The van der Waals surface area contributed by atoms with Crippen LogP contribution in [0.25, 0.3) is 21.9 Å². The molecule has 74 valence electrons. The van der Waals surface area contributed by atoms with Gasteiger partial charge >= 0.3 is 0 Å². The number of aromatic amines is 1. The Morgan fingerprint density at radius 1 is 1.33 bits per heavy atom. The first-order valence-corrected chi connectivity index (χ1v) is 5.64. The van der Waals surface area contributed by atoms with Crippen LogP contribution in [0.15, 0.2) is 29.8 Å². The molecule has 5 heteroatoms. The van der Waals surface area contributed by atoms with E-state index in [2.05, 4.69) is 15.0 Å². The van der Waals surface area contributed by atoms with Gasteiger partial charge in [-0.15, -0.1) is 11.3 Å². The molecule has 3 nitrogen and oxygen atoms in total. The van der Waals surface area contributed by atoms with Crippen molar-refractivity contribution in [2.75, 3.05) is 0 Å². The Hall–Kier alpha value is -1.39. The summed E-state index contributed by atoms with van der Waals surface area (Å²) in [7, 11) is 0. The molecule has 0 bridgehead atoms. The largest absolute Gasteiger partial charge is 0.335 e. The summed E-state index contributed by atoms with van der Waals surface area (Å²) in [5.41, 5.74) is 1.45. The Morgan fingerprint density at radius 3 is 3.00 bits per heavy atom. The van der Waals surface area contributed by atoms with Crippen molar-refractivity contribution in [1.29, 1.82) is 0 Å². The molecule has 0 aliphatic heterocycles. The molecule has 0 fully saturated rings. The lowest BCUT2D eigenvalue weighted by Gasteiger charge is -1.88. The summed E-state index contributed by atoms with van der Waals surface area (Å²) in [5.74, 6) is 0.820. The van der Waals surface area contributed by atoms with E-state index in [-0.39, 0.29) is 0 Å². The number of thiophene rings is 1. The minimum absolute atomic E-state index is 0.648. The van der Waals surface area contributed by atoms with Gasteiger partial charge in [0.05, 0.1) is 9.90 Å². The molecule has 0 unspecified atom stereocenters. The number of hydrogen-bond acceptors (Lipinski definition) is 3. The fourth-order valence-corrected chi connectivity index (χ4v) is 2.27. The minimum Gasteiger partial charge on any atom is -0.335 e. The lowest BCUT2D eigenvalue weighted by molar-refractivity contribution is 1.31. The molecule has 3 heterocycles. The molecule has 1 N–H and O–H groups in total. The number of aromatic nitrogens is 3. The topological polar surface area (TPSA) is 41.6 Å². The highest BCUT2D eigenvalue weighted by Crippen LogP contribution is 2.26. The lowest BCUT2D eigenvalue weighted by Crippen LogP contribution is -1.75. The van der Waals surface area contributed by atoms with Crippen LogP contribution in [0, 0.1) is 0 Å². The first kappa shape index (κ1) is 8.88. The predicted octanol–water partition coefficient (Wildman–Crippen LogP) is 3.34. The van der Waals surface area contributed by atoms with Crippen LogP contribution in [0.3, 0.4) is 0 Å². The van der Waals surface area contributed by atoms with Gasteiger partial charge in [0, 0.05) is 6.20 Å². The lowest BCUT2D eigenvalue weighted by atomic mass is 10.4. The number of nitrogens with zero attached hydrogens (tertiary/aromatic N) is 2. The number of pyridine rings is 1. The molecule has 0 radical (unpaired) electrons. The van der Waals surface area contributed by atoms with Gasteiger partial charge in [0.15, 0.2) is 11.5 Å². The van der Waals surface area contributed by atoms with Gasteiger partial charge in [0.25, 0.3) is 0 Å². The van der Waals surface area contributed by atoms with Crippen molar-refractivity contribution in [1.82, 2.24) is 15.0 Å². The Kier molecular flexibility index (Phi) is 1.97. The van der Waals surface area contributed by atoms with Crippen molar-refractivity contribution in [2.45, 2.75) is 0 Å². The van der Waals surface area contributed by atoms with E-state index in [0.29, 0.717) is 10.7 Å². The molecule has 0 aliphatic rings. The second-order valence-corrected chi connectivity index (χ2v) is 4.41. The molecular weight excluding hydrogens is 230 g/mol. The number of fused-ring (bicyclic) bond motifs is 1. The van der Waals surface area contributed by atoms with E-state index >= 15 is 0 Å². The van der Waals surface area contributed by atoms with Gasteiger partial charge in [0.1, 0.15) is 5.52 Å². The smallest absolute Gasteiger partial charge is 0.179 e. The standard InChI is InChI=1S/C10H6ClN3S/c11-6-3-4-12-10-8(6)13-9(14-10)7-2-1-5-15-7/h1-5H,(H,12,13,14). The molecule has 15 heavy (non-hydrogen) atoms. The van der Waals surface area contributed by atoms with Gasteiger partial charge in [-0.3, -0.25) is 0 Å². The van der Waals surface area contributed by atoms with Crippen molar-refractivity contribution in [3.63, 3.8) is 0 Å². The Bertz CT molecular complexity index is 600. The first-order chi connectivity index (χ1) is 7.34. The van der Waals surface area contributed by atoms with Crippen LogP contribution >= 0.6 is 22.9 Å². The Morgan fingerprint density at radius 2 is 2.27 bits per heavy atom. The maximum atomic E-state index is 6.02. The highest BCUT2D eigenvalue weighted by molar-refractivity contribution is 7.13. The van der Waals surface area contributed by atoms with Crippen molar-refractivity contribution < 1.29 is 0 Å². The van der Waals surface area contributed by atoms with Crippen molar-refractivity contribution in [2.24, 2.45) is 0 Å². The van der Waals surface area contributed by atoms with Crippen LogP contribution in [0.4, 0.5) is 0 Å². The summed E-state index contributed by atoms with van der Waals surface area (Å²) in [6.45, 7) is 0. The van der Waals surface area contributed by atoms with Crippen molar-refractivity contribution in [3.8, 4) is 10.7 Å². The van der Waals surface area contributed by atoms with Gasteiger partial charge < -0.3 is 4.98 Å². The zero-order valence-corrected chi connectivity index (χ0v) is 9.14. The molecule has 0 aliphatic carbocycles. The third-order valence-electron chi connectivity index (χ3n) is 2.10. The van der Waals surface area contributed by atoms with E-state index in [1.807, 2.05) is 17.5 Å². The second-order valence-electron chi connectivity index (χ2n) is 3.05. The van der Waals surface area contributed by atoms with Crippen LogP contribution < -0.4 is 0 Å². The summed E-state index contributed by atoms with van der Waals surface area (Å²) < 4.78 is 0. The predicted molar refractivity (Wildman–Crippen MR) is 62.2 cm³/mol. The highest BCUT2D eigenvalue weighted by atomic mass is 35.5. The molecule has 0 aromatic carbocycles. The SMILES string of the molecule is Clc1ccnc2nc(-c3cccs3)[nH]c12. The maximum absolute atomic E-state index is 6.02. The number of nitrogens with one attached hydrogen (secondary N) is 1. The monoisotopic (exact) mass is 235 g/mol. The van der Waals surface area contributed by atoms with Crippen molar-refractivity contribution in [3.05, 3.63) is 34.8 Å². The normalized spacial score (nSPS) is 11.0. The average Bonchev–Trinajstić information content (AvgIpc) is 2.86. The Balaban J connectivity index is 2.27. The fourth-order valence-electron chi connectivity index (χ4n) is 1.41. The zero-order valence-electron chi connectivity index (χ0n) is 7.57. The minimum atomic E-state index is 0.648. The van der Waals surface area contributed by atoms with E-state index in [1.54, 1.807) is 23.6 Å². The number of hydrogen-bond donors (Lipinski definition) is 1. The van der Waals surface area contributed by atoms with Crippen LogP contribution in [0.2, 0.25) is 5.02 Å². The molecule has 0 spiro atoms. The quantitative estimate of drug-likeness (QED) is 0.703. The Labute approximate surface area is 94.8 Å². The number of halogens is 1. The summed E-state index contributed by atoms with van der Waals surface area (Å²) >= 11 is 7.66. The molecular formula is C10H6ClN3S. The van der Waals surface area contributed by atoms with E-state index in [9.17, 15) is 0 Å². The third-order valence-corrected chi connectivity index (χ3v) is 3.29. The highest BCUT2D eigenvalue weighted by Gasteiger charge is 2.08. The maximum Gasteiger partial charge on any atom is 0.179 e. The van der Waals surface area contributed by atoms with Crippen LogP contribution in [0.1, 0.15) is 0 Å². The summed E-state index contributed by atoms with van der Waals surface area (Å²) in [4.78, 5) is 12.8. The average molecular weight is 236 g/mol. The van der Waals surface area contributed by atoms with Crippen LogP contribution in [0.5, 0.6) is 0 Å². The van der Waals surface area contributed by atoms with E-state index in [0.717, 1.165) is 16.2 Å². The number of rotatable bonds is 1. The van der Waals surface area contributed by atoms with Crippen LogP contribution in [-0.2, 0) is 0 Å². The summed E-state index contributed by atoms with van der Waals surface area (Å²) in [6, 6.07) is 5.75. The summed E-state index contributed by atoms with van der Waals surface area (Å²) in [6.07, 6.45) is 1.66. The fraction of sp³-hybridized carbons (Fsp3) is 0. The third kappa shape index (κ3) is 1.42. The second kappa shape index (κ2) is 3.32. The van der Waals surface area contributed by atoms with Gasteiger partial charge in [0.2, 0.25) is 0 Å². The van der Waals surface area contributed by atoms with Gasteiger partial charge in [-0.25, -0.2) is 9.97 Å². The first-order valence-electron chi connectivity index (χ1n) is 4.39. The molecule has 0 amide bonds. The van der Waals surface area contributed by atoms with Crippen molar-refractivity contribution >= 4 is 34.1 Å². The van der Waals surface area contributed by atoms with Gasteiger partial charge in [-0.1, -0.05) is 17.7 Å². The van der Waals surface area contributed by atoms with Gasteiger partial charge in [-0.05, 0) is 17.5 Å². The molecule has 3 aromatic heterocycles. The zero-order chi connectivity index (χ0) is 10.3. The van der Waals surface area contributed by atoms with E-state index < -0.39 is 0 Å². The molecule has 0 atom stereocenters. The van der Waals surface area contributed by atoms with Gasteiger partial charge in [-0.2, -0.15) is 0 Å². The van der Waals surface area contributed by atoms with E-state index in [4.69, 9.17) is 11.6 Å². The molecule has 0 saturated heterocycles. The number of imidazole rings is 1. The molecule has 3 aromatic rings. The number of H-pyrrole nitrogens is 1.